The normalized spacial score (nSPS) is 11.2. The van der Waals surface area contributed by atoms with Gasteiger partial charge in [-0.25, -0.2) is 0 Å². The fourth-order valence-corrected chi connectivity index (χ4v) is 3.31. The van der Waals surface area contributed by atoms with Crippen LogP contribution in [-0.2, 0) is 13.0 Å². The number of carbonyl (C=O) groups excluding carboxylic acids is 1. The lowest BCUT2D eigenvalue weighted by molar-refractivity contribution is 0.0827. The van der Waals surface area contributed by atoms with Gasteiger partial charge in [-0.1, -0.05) is 24.3 Å². The molecule has 0 atom stereocenters. The second kappa shape index (κ2) is 10.8. The van der Waals surface area contributed by atoms with Crippen molar-refractivity contribution in [1.82, 2.24) is 15.1 Å². The molecule has 0 aliphatic carbocycles. The second-order valence-electron chi connectivity index (χ2n) is 6.83. The van der Waals surface area contributed by atoms with E-state index in [9.17, 15) is 4.79 Å². The van der Waals surface area contributed by atoms with Gasteiger partial charge in [-0.15, -0.1) is 11.8 Å². The molecular weight excluding hydrogens is 368 g/mol. The Labute approximate surface area is 172 Å². The minimum Gasteiger partial charge on any atom is -0.356 e. The molecule has 0 heterocycles. The highest BCUT2D eigenvalue weighted by atomic mass is 32.2. The number of carbonyl (C=O) groups is 1. The first kappa shape index (κ1) is 21.8. The molecule has 0 fully saturated rings. The molecule has 0 unspecified atom stereocenters. The van der Waals surface area contributed by atoms with Gasteiger partial charge in [0.15, 0.2) is 5.96 Å². The molecule has 28 heavy (non-hydrogen) atoms. The van der Waals surface area contributed by atoms with E-state index in [4.69, 9.17) is 0 Å². The number of amides is 1. The third-order valence-corrected chi connectivity index (χ3v) is 5.17. The molecule has 0 radical (unpaired) electrons. The Morgan fingerprint density at radius 1 is 1.07 bits per heavy atom. The summed E-state index contributed by atoms with van der Waals surface area (Å²) in [7, 11) is 7.37. The Morgan fingerprint density at radius 3 is 2.39 bits per heavy atom. The van der Waals surface area contributed by atoms with E-state index < -0.39 is 0 Å². The zero-order chi connectivity index (χ0) is 20.5. The molecular formula is C22H30N4OS. The van der Waals surface area contributed by atoms with Crippen LogP contribution in [-0.4, -0.2) is 62.7 Å². The predicted molar refractivity (Wildman–Crippen MR) is 119 cm³/mol. The average molecular weight is 399 g/mol. The summed E-state index contributed by atoms with van der Waals surface area (Å²) in [6.45, 7) is 1.54. The van der Waals surface area contributed by atoms with E-state index >= 15 is 0 Å². The first-order chi connectivity index (χ1) is 13.4. The number of nitrogens with one attached hydrogen (secondary N) is 1. The summed E-state index contributed by atoms with van der Waals surface area (Å²) in [5.41, 5.74) is 3.10. The van der Waals surface area contributed by atoms with Crippen LogP contribution in [0.1, 0.15) is 21.5 Å². The third kappa shape index (κ3) is 6.30. The van der Waals surface area contributed by atoms with Crippen molar-refractivity contribution in [3.63, 3.8) is 0 Å². The van der Waals surface area contributed by atoms with E-state index in [1.54, 1.807) is 37.8 Å². The third-order valence-electron chi connectivity index (χ3n) is 4.43. The molecule has 2 rings (SSSR count). The molecule has 5 nitrogen and oxygen atoms in total. The van der Waals surface area contributed by atoms with E-state index in [-0.39, 0.29) is 5.91 Å². The maximum Gasteiger partial charge on any atom is 0.253 e. The number of hydrogen-bond acceptors (Lipinski definition) is 3. The van der Waals surface area contributed by atoms with Gasteiger partial charge in [-0.2, -0.15) is 0 Å². The Balaban J connectivity index is 1.89. The molecule has 2 aromatic rings. The second-order valence-corrected chi connectivity index (χ2v) is 7.71. The van der Waals surface area contributed by atoms with E-state index in [1.165, 1.54) is 10.5 Å². The van der Waals surface area contributed by atoms with Gasteiger partial charge in [-0.05, 0) is 48.1 Å². The van der Waals surface area contributed by atoms with Gasteiger partial charge in [0.2, 0.25) is 0 Å². The predicted octanol–water partition coefficient (Wildman–Crippen LogP) is 3.36. The van der Waals surface area contributed by atoms with Crippen LogP contribution in [0.5, 0.6) is 0 Å². The van der Waals surface area contributed by atoms with Crippen molar-refractivity contribution >= 4 is 23.6 Å². The molecule has 1 N–H and O–H groups in total. The van der Waals surface area contributed by atoms with Gasteiger partial charge in [0.25, 0.3) is 5.91 Å². The topological polar surface area (TPSA) is 47.9 Å². The number of benzene rings is 2. The summed E-state index contributed by atoms with van der Waals surface area (Å²) >= 11 is 1.75. The van der Waals surface area contributed by atoms with E-state index in [0.29, 0.717) is 0 Å². The summed E-state index contributed by atoms with van der Waals surface area (Å²) in [4.78, 5) is 21.5. The van der Waals surface area contributed by atoms with Crippen molar-refractivity contribution in [2.45, 2.75) is 17.9 Å². The molecule has 0 aromatic heterocycles. The maximum atomic E-state index is 12.1. The highest BCUT2D eigenvalue weighted by Gasteiger charge is 2.09. The lowest BCUT2D eigenvalue weighted by Gasteiger charge is -2.22. The van der Waals surface area contributed by atoms with Crippen molar-refractivity contribution in [3.8, 4) is 0 Å². The van der Waals surface area contributed by atoms with Gasteiger partial charge in [0.05, 0.1) is 0 Å². The van der Waals surface area contributed by atoms with Crippen LogP contribution in [0, 0.1) is 0 Å². The van der Waals surface area contributed by atoms with Crippen molar-refractivity contribution < 1.29 is 4.79 Å². The van der Waals surface area contributed by atoms with Gasteiger partial charge < -0.3 is 15.1 Å². The molecule has 2 aromatic carbocycles. The van der Waals surface area contributed by atoms with Gasteiger partial charge in [0.1, 0.15) is 0 Å². The number of thioether (sulfide) groups is 1. The summed E-state index contributed by atoms with van der Waals surface area (Å²) in [6.07, 6.45) is 2.91. The number of hydrogen-bond donors (Lipinski definition) is 1. The van der Waals surface area contributed by atoms with Crippen LogP contribution in [0.2, 0.25) is 0 Å². The molecule has 6 heteroatoms. The zero-order valence-corrected chi connectivity index (χ0v) is 18.2. The fourth-order valence-electron chi connectivity index (χ4n) is 2.90. The van der Waals surface area contributed by atoms with Crippen molar-refractivity contribution in [2.75, 3.05) is 41.0 Å². The molecule has 0 aliphatic heterocycles. The lowest BCUT2D eigenvalue weighted by atomic mass is 10.1. The summed E-state index contributed by atoms with van der Waals surface area (Å²) in [5, 5.41) is 3.41. The van der Waals surface area contributed by atoms with Crippen molar-refractivity contribution in [1.29, 1.82) is 0 Å². The Bertz CT molecular complexity index is 802. The van der Waals surface area contributed by atoms with Crippen LogP contribution in [0.3, 0.4) is 0 Å². The summed E-state index contributed by atoms with van der Waals surface area (Å²) in [6, 6.07) is 16.4. The van der Waals surface area contributed by atoms with Gasteiger partial charge >= 0.3 is 0 Å². The standard InChI is InChI=1S/C22H30N4OS/c1-23-22(26(4)16-18-9-11-20(28-5)12-10-18)24-14-13-17-7-6-8-19(15-17)21(27)25(2)3/h6-12,15H,13-14,16H2,1-5H3,(H,23,24). The molecule has 0 bridgehead atoms. The number of aliphatic imine (C=N–C) groups is 1. The van der Waals surface area contributed by atoms with E-state index in [0.717, 1.165) is 36.6 Å². The highest BCUT2D eigenvalue weighted by molar-refractivity contribution is 7.98. The first-order valence-corrected chi connectivity index (χ1v) is 10.5. The summed E-state index contributed by atoms with van der Waals surface area (Å²) in [5.74, 6) is 0.882. The monoisotopic (exact) mass is 398 g/mol. The lowest BCUT2D eigenvalue weighted by Crippen LogP contribution is -2.39. The van der Waals surface area contributed by atoms with Crippen LogP contribution in [0.4, 0.5) is 0 Å². The molecule has 0 saturated carbocycles. The zero-order valence-electron chi connectivity index (χ0n) is 17.4. The van der Waals surface area contributed by atoms with Crippen LogP contribution >= 0.6 is 11.8 Å². The minimum absolute atomic E-state index is 0.0258. The van der Waals surface area contributed by atoms with Crippen LogP contribution < -0.4 is 5.32 Å². The minimum atomic E-state index is 0.0258. The molecule has 0 saturated heterocycles. The largest absolute Gasteiger partial charge is 0.356 e. The molecule has 0 aliphatic rings. The number of guanidine groups is 1. The summed E-state index contributed by atoms with van der Waals surface area (Å²) < 4.78 is 0. The van der Waals surface area contributed by atoms with Crippen LogP contribution in [0.15, 0.2) is 58.4 Å². The maximum absolute atomic E-state index is 12.1. The first-order valence-electron chi connectivity index (χ1n) is 9.30. The van der Waals surface area contributed by atoms with Crippen molar-refractivity contribution in [3.05, 3.63) is 65.2 Å². The smallest absolute Gasteiger partial charge is 0.253 e. The number of nitrogens with zero attached hydrogens (tertiary/aromatic N) is 3. The Hall–Kier alpha value is -2.47. The van der Waals surface area contributed by atoms with Gasteiger partial charge in [-0.3, -0.25) is 9.79 Å². The average Bonchev–Trinajstić information content (AvgIpc) is 2.71. The molecule has 1 amide bonds. The highest BCUT2D eigenvalue weighted by Crippen LogP contribution is 2.15. The Kier molecular flexibility index (Phi) is 8.39. The van der Waals surface area contributed by atoms with E-state index in [2.05, 4.69) is 45.7 Å². The Morgan fingerprint density at radius 2 is 1.79 bits per heavy atom. The fraction of sp³-hybridized carbons (Fsp3) is 0.364. The molecule has 0 spiro atoms. The van der Waals surface area contributed by atoms with Crippen molar-refractivity contribution in [2.24, 2.45) is 4.99 Å². The quantitative estimate of drug-likeness (QED) is 0.441. The van der Waals surface area contributed by atoms with Gasteiger partial charge in [0, 0.05) is 51.7 Å². The van der Waals surface area contributed by atoms with E-state index in [1.807, 2.05) is 31.3 Å². The SMILES string of the molecule is CN=C(NCCc1cccc(C(=O)N(C)C)c1)N(C)Cc1ccc(SC)cc1. The molecule has 150 valence electrons. The number of rotatable bonds is 7. The van der Waals surface area contributed by atoms with Crippen LogP contribution in [0.25, 0.3) is 0 Å².